The van der Waals surface area contributed by atoms with Crippen molar-refractivity contribution in [2.45, 2.75) is 51.7 Å². The Hall–Kier alpha value is -2.06. The summed E-state index contributed by atoms with van der Waals surface area (Å²) in [6.45, 7) is 6.74. The van der Waals surface area contributed by atoms with Gasteiger partial charge in [0.25, 0.3) is 0 Å². The van der Waals surface area contributed by atoms with E-state index in [1.54, 1.807) is 0 Å². The van der Waals surface area contributed by atoms with E-state index in [1.165, 1.54) is 47.8 Å². The van der Waals surface area contributed by atoms with Gasteiger partial charge in [0.15, 0.2) is 0 Å². The van der Waals surface area contributed by atoms with Crippen LogP contribution in [0.3, 0.4) is 0 Å². The fourth-order valence-electron chi connectivity index (χ4n) is 4.29. The molecule has 1 aliphatic heterocycles. The molecule has 0 N–H and O–H groups in total. The van der Waals surface area contributed by atoms with E-state index in [4.69, 9.17) is 0 Å². The molecule has 1 atom stereocenters. The summed E-state index contributed by atoms with van der Waals surface area (Å²) in [6.07, 6.45) is 6.16. The Balaban J connectivity index is 1.65. The minimum Gasteiger partial charge on any atom is -0.345 e. The van der Waals surface area contributed by atoms with Crippen molar-refractivity contribution in [1.29, 1.82) is 0 Å². The SMILES string of the molecule is CC(C)n1ccc2c(CN3CCCCC3c3ccccc3)cccc21. The van der Waals surface area contributed by atoms with Crippen molar-refractivity contribution in [1.82, 2.24) is 9.47 Å². The van der Waals surface area contributed by atoms with Crippen LogP contribution in [0, 0.1) is 0 Å². The molecule has 0 saturated carbocycles. The van der Waals surface area contributed by atoms with Crippen LogP contribution in [-0.4, -0.2) is 16.0 Å². The molecule has 0 spiro atoms. The summed E-state index contributed by atoms with van der Waals surface area (Å²) in [4.78, 5) is 2.68. The standard InChI is InChI=1S/C23H28N2/c1-18(2)25-16-14-21-20(11-8-13-23(21)25)17-24-15-7-6-12-22(24)19-9-4-3-5-10-19/h3-5,8-11,13-14,16,18,22H,6-7,12,15,17H2,1-2H3. The number of nitrogens with zero attached hydrogens (tertiary/aromatic N) is 2. The molecule has 3 aromatic rings. The van der Waals surface area contributed by atoms with E-state index in [0.717, 1.165) is 6.54 Å². The summed E-state index contributed by atoms with van der Waals surface area (Å²) in [5, 5.41) is 1.41. The zero-order valence-electron chi connectivity index (χ0n) is 15.4. The number of hydrogen-bond donors (Lipinski definition) is 0. The zero-order valence-corrected chi connectivity index (χ0v) is 15.4. The van der Waals surface area contributed by atoms with Crippen molar-refractivity contribution in [2.75, 3.05) is 6.54 Å². The third-order valence-corrected chi connectivity index (χ3v) is 5.58. The van der Waals surface area contributed by atoms with E-state index < -0.39 is 0 Å². The summed E-state index contributed by atoms with van der Waals surface area (Å²) in [6, 6.07) is 21.2. The average molecular weight is 332 g/mol. The van der Waals surface area contributed by atoms with Gasteiger partial charge in [0, 0.05) is 35.7 Å². The minimum atomic E-state index is 0.500. The van der Waals surface area contributed by atoms with E-state index in [-0.39, 0.29) is 0 Å². The molecule has 4 rings (SSSR count). The first-order valence-electron chi connectivity index (χ1n) is 9.61. The van der Waals surface area contributed by atoms with Gasteiger partial charge in [0.05, 0.1) is 0 Å². The minimum absolute atomic E-state index is 0.500. The lowest BCUT2D eigenvalue weighted by atomic mass is 9.94. The van der Waals surface area contributed by atoms with Crippen molar-refractivity contribution in [2.24, 2.45) is 0 Å². The second kappa shape index (κ2) is 7.05. The maximum absolute atomic E-state index is 2.68. The molecule has 0 amide bonds. The maximum atomic E-state index is 2.68. The van der Waals surface area contributed by atoms with Gasteiger partial charge in [-0.1, -0.05) is 48.9 Å². The largest absolute Gasteiger partial charge is 0.345 e. The first-order valence-corrected chi connectivity index (χ1v) is 9.61. The molecule has 2 heterocycles. The number of piperidine rings is 1. The van der Waals surface area contributed by atoms with Crippen LogP contribution in [0.1, 0.15) is 56.3 Å². The van der Waals surface area contributed by atoms with Crippen molar-refractivity contribution in [3.8, 4) is 0 Å². The lowest BCUT2D eigenvalue weighted by Crippen LogP contribution is -2.32. The third-order valence-electron chi connectivity index (χ3n) is 5.58. The van der Waals surface area contributed by atoms with Gasteiger partial charge in [-0.2, -0.15) is 0 Å². The fourth-order valence-corrected chi connectivity index (χ4v) is 4.29. The molecule has 2 aromatic carbocycles. The number of fused-ring (bicyclic) bond motifs is 1. The zero-order chi connectivity index (χ0) is 17.2. The van der Waals surface area contributed by atoms with Gasteiger partial charge in [-0.3, -0.25) is 4.90 Å². The van der Waals surface area contributed by atoms with E-state index in [1.807, 2.05) is 0 Å². The van der Waals surface area contributed by atoms with Gasteiger partial charge in [0.1, 0.15) is 0 Å². The van der Waals surface area contributed by atoms with Gasteiger partial charge in [-0.25, -0.2) is 0 Å². The van der Waals surface area contributed by atoms with Crippen LogP contribution in [0.4, 0.5) is 0 Å². The van der Waals surface area contributed by atoms with Gasteiger partial charge < -0.3 is 4.57 Å². The van der Waals surface area contributed by atoms with Crippen LogP contribution in [-0.2, 0) is 6.54 Å². The fraction of sp³-hybridized carbons (Fsp3) is 0.391. The van der Waals surface area contributed by atoms with Gasteiger partial charge >= 0.3 is 0 Å². The van der Waals surface area contributed by atoms with Crippen LogP contribution in [0.15, 0.2) is 60.8 Å². The summed E-state index contributed by atoms with van der Waals surface area (Å²) < 4.78 is 2.38. The highest BCUT2D eigenvalue weighted by Gasteiger charge is 2.24. The summed E-state index contributed by atoms with van der Waals surface area (Å²) in [5.74, 6) is 0. The Morgan fingerprint density at radius 2 is 1.80 bits per heavy atom. The van der Waals surface area contributed by atoms with Crippen molar-refractivity contribution >= 4 is 10.9 Å². The highest BCUT2D eigenvalue weighted by Crippen LogP contribution is 2.33. The number of likely N-dealkylation sites (tertiary alicyclic amines) is 1. The molecule has 1 aliphatic rings. The lowest BCUT2D eigenvalue weighted by Gasteiger charge is -2.36. The first-order chi connectivity index (χ1) is 12.2. The van der Waals surface area contributed by atoms with E-state index in [9.17, 15) is 0 Å². The Morgan fingerprint density at radius 1 is 0.960 bits per heavy atom. The Kier molecular flexibility index (Phi) is 4.63. The van der Waals surface area contributed by atoms with Crippen LogP contribution >= 0.6 is 0 Å². The Labute approximate surface area is 151 Å². The highest BCUT2D eigenvalue weighted by atomic mass is 15.2. The van der Waals surface area contributed by atoms with Crippen LogP contribution in [0.25, 0.3) is 10.9 Å². The topological polar surface area (TPSA) is 8.17 Å². The van der Waals surface area contributed by atoms with E-state index in [2.05, 4.69) is 84.1 Å². The highest BCUT2D eigenvalue weighted by molar-refractivity contribution is 5.83. The second-order valence-electron chi connectivity index (χ2n) is 7.56. The summed E-state index contributed by atoms with van der Waals surface area (Å²) in [5.41, 5.74) is 4.29. The lowest BCUT2D eigenvalue weighted by molar-refractivity contribution is 0.141. The quantitative estimate of drug-likeness (QED) is 0.573. The molecule has 2 nitrogen and oxygen atoms in total. The van der Waals surface area contributed by atoms with Crippen LogP contribution in [0.2, 0.25) is 0 Å². The summed E-state index contributed by atoms with van der Waals surface area (Å²) in [7, 11) is 0. The van der Waals surface area contributed by atoms with Gasteiger partial charge in [0.2, 0.25) is 0 Å². The van der Waals surface area contributed by atoms with Crippen molar-refractivity contribution in [3.63, 3.8) is 0 Å². The molecule has 1 aromatic heterocycles. The normalized spacial score (nSPS) is 18.9. The smallest absolute Gasteiger partial charge is 0.0485 e. The number of benzene rings is 2. The van der Waals surface area contributed by atoms with Gasteiger partial charge in [-0.15, -0.1) is 0 Å². The van der Waals surface area contributed by atoms with Gasteiger partial charge in [-0.05, 0) is 56.5 Å². The monoisotopic (exact) mass is 332 g/mol. The van der Waals surface area contributed by atoms with E-state index >= 15 is 0 Å². The predicted molar refractivity (Wildman–Crippen MR) is 106 cm³/mol. The van der Waals surface area contributed by atoms with Crippen LogP contribution in [0.5, 0.6) is 0 Å². The molecule has 1 unspecified atom stereocenters. The summed E-state index contributed by atoms with van der Waals surface area (Å²) >= 11 is 0. The van der Waals surface area contributed by atoms with E-state index in [0.29, 0.717) is 12.1 Å². The molecule has 1 fully saturated rings. The molecular formula is C23H28N2. The molecular weight excluding hydrogens is 304 g/mol. The Bertz CT molecular complexity index is 832. The Morgan fingerprint density at radius 3 is 2.60 bits per heavy atom. The van der Waals surface area contributed by atoms with Crippen molar-refractivity contribution < 1.29 is 0 Å². The number of rotatable bonds is 4. The maximum Gasteiger partial charge on any atom is 0.0485 e. The number of aromatic nitrogens is 1. The number of hydrogen-bond acceptors (Lipinski definition) is 1. The second-order valence-corrected chi connectivity index (χ2v) is 7.56. The molecule has 25 heavy (non-hydrogen) atoms. The third kappa shape index (κ3) is 3.23. The predicted octanol–water partition coefficient (Wildman–Crippen LogP) is 5.95. The molecule has 1 saturated heterocycles. The molecule has 0 aliphatic carbocycles. The molecule has 130 valence electrons. The average Bonchev–Trinajstić information content (AvgIpc) is 3.08. The molecule has 0 radical (unpaired) electrons. The first kappa shape index (κ1) is 16.4. The molecule has 0 bridgehead atoms. The van der Waals surface area contributed by atoms with Crippen molar-refractivity contribution in [3.05, 3.63) is 71.9 Å². The van der Waals surface area contributed by atoms with Crippen LogP contribution < -0.4 is 0 Å². The molecule has 2 heteroatoms.